The van der Waals surface area contributed by atoms with Crippen LogP contribution < -0.4 is 10.6 Å². The molecule has 0 saturated carbocycles. The summed E-state index contributed by atoms with van der Waals surface area (Å²) in [5, 5.41) is 8.82. The molecule has 0 fully saturated rings. The number of carbonyl (C=O) groups excluding carboxylic acids is 1. The second-order valence-corrected chi connectivity index (χ2v) is 3.57. The Balaban J connectivity index is 3.13. The van der Waals surface area contributed by atoms with Crippen LogP contribution in [0, 0.1) is 0 Å². The topological polar surface area (TPSA) is 83.6 Å². The number of aromatic carboxylic acids is 1. The lowest BCUT2D eigenvalue weighted by atomic mass is 10.1. The van der Waals surface area contributed by atoms with Gasteiger partial charge in [-0.25, -0.2) is 4.79 Å². The van der Waals surface area contributed by atoms with Gasteiger partial charge in [0, 0.05) is 13.0 Å². The summed E-state index contributed by atoms with van der Waals surface area (Å²) in [5.74, 6) is -1.07. The van der Waals surface area contributed by atoms with Crippen LogP contribution in [0.1, 0.15) is 30.6 Å². The van der Waals surface area contributed by atoms with Crippen LogP contribution in [0.4, 0.5) is 11.4 Å². The summed E-state index contributed by atoms with van der Waals surface area (Å²) in [7, 11) is 0. The molecule has 0 bridgehead atoms. The maximum absolute atomic E-state index is 11.7. The molecule has 0 unspecified atom stereocenters. The third-order valence-electron chi connectivity index (χ3n) is 2.49. The van der Waals surface area contributed by atoms with E-state index in [-0.39, 0.29) is 11.5 Å². The first kappa shape index (κ1) is 13.0. The zero-order chi connectivity index (χ0) is 13.0. The van der Waals surface area contributed by atoms with Gasteiger partial charge in [0.1, 0.15) is 0 Å². The Labute approximate surface area is 99.8 Å². The van der Waals surface area contributed by atoms with Gasteiger partial charge in [0.2, 0.25) is 5.91 Å². The first-order valence-corrected chi connectivity index (χ1v) is 5.44. The number of rotatable bonds is 4. The normalized spacial score (nSPS) is 10.0. The predicted molar refractivity (Wildman–Crippen MR) is 66.1 cm³/mol. The molecule has 5 nitrogen and oxygen atoms in total. The summed E-state index contributed by atoms with van der Waals surface area (Å²) < 4.78 is 0. The second kappa shape index (κ2) is 5.34. The van der Waals surface area contributed by atoms with E-state index in [0.717, 1.165) is 0 Å². The molecule has 0 aliphatic carbocycles. The molecule has 92 valence electrons. The van der Waals surface area contributed by atoms with E-state index in [4.69, 9.17) is 10.8 Å². The van der Waals surface area contributed by atoms with Gasteiger partial charge in [-0.2, -0.15) is 0 Å². The third-order valence-corrected chi connectivity index (χ3v) is 2.49. The molecule has 0 saturated heterocycles. The molecule has 0 radical (unpaired) electrons. The molecule has 1 aromatic rings. The molecular formula is C12H16N2O3. The number of benzene rings is 1. The molecule has 1 amide bonds. The van der Waals surface area contributed by atoms with E-state index in [1.807, 2.05) is 6.92 Å². The standard InChI is InChI=1S/C12H16N2O3/c1-3-11(15)14(4-2)10-6-5-8(12(16)17)7-9(10)13/h5-7H,3-4,13H2,1-2H3,(H,16,17). The van der Waals surface area contributed by atoms with Crippen molar-refractivity contribution in [2.24, 2.45) is 0 Å². The van der Waals surface area contributed by atoms with Crippen molar-refractivity contribution in [2.75, 3.05) is 17.2 Å². The third kappa shape index (κ3) is 2.75. The second-order valence-electron chi connectivity index (χ2n) is 3.57. The molecule has 1 aromatic carbocycles. The van der Waals surface area contributed by atoms with Crippen LogP contribution >= 0.6 is 0 Å². The molecule has 0 atom stereocenters. The quantitative estimate of drug-likeness (QED) is 0.780. The number of hydrogen-bond donors (Lipinski definition) is 2. The average molecular weight is 236 g/mol. The summed E-state index contributed by atoms with van der Waals surface area (Å²) in [4.78, 5) is 24.0. The molecule has 0 aliphatic heterocycles. The lowest BCUT2D eigenvalue weighted by molar-refractivity contribution is -0.118. The highest BCUT2D eigenvalue weighted by atomic mass is 16.4. The number of anilines is 2. The number of amides is 1. The zero-order valence-electron chi connectivity index (χ0n) is 9.93. The minimum absolute atomic E-state index is 0.0396. The molecule has 0 aliphatic rings. The summed E-state index contributed by atoms with van der Waals surface area (Å²) in [6.07, 6.45) is 0.383. The van der Waals surface area contributed by atoms with Crippen molar-refractivity contribution in [2.45, 2.75) is 20.3 Å². The first-order chi connectivity index (χ1) is 8.01. The summed E-state index contributed by atoms with van der Waals surface area (Å²) in [5.41, 5.74) is 6.75. The van der Waals surface area contributed by atoms with Crippen LogP contribution in [0.3, 0.4) is 0 Å². The fraction of sp³-hybridized carbons (Fsp3) is 0.333. The number of carbonyl (C=O) groups is 2. The highest BCUT2D eigenvalue weighted by Crippen LogP contribution is 2.25. The Morgan fingerprint density at radius 3 is 2.41 bits per heavy atom. The number of carboxylic acids is 1. The van der Waals surface area contributed by atoms with Crippen molar-refractivity contribution >= 4 is 23.3 Å². The largest absolute Gasteiger partial charge is 0.478 e. The first-order valence-electron chi connectivity index (χ1n) is 5.44. The lowest BCUT2D eigenvalue weighted by Gasteiger charge is -2.22. The van der Waals surface area contributed by atoms with Crippen LogP contribution in [-0.2, 0) is 4.79 Å². The van der Waals surface area contributed by atoms with Crippen molar-refractivity contribution < 1.29 is 14.7 Å². The molecule has 5 heteroatoms. The van der Waals surface area contributed by atoms with Gasteiger partial charge in [-0.05, 0) is 25.1 Å². The monoisotopic (exact) mass is 236 g/mol. The van der Waals surface area contributed by atoms with Gasteiger partial charge in [-0.3, -0.25) is 4.79 Å². The molecule has 3 N–H and O–H groups in total. The smallest absolute Gasteiger partial charge is 0.335 e. The number of nitrogens with two attached hydrogens (primary N) is 1. The average Bonchev–Trinajstić information content (AvgIpc) is 2.31. The van der Waals surface area contributed by atoms with E-state index >= 15 is 0 Å². The van der Waals surface area contributed by atoms with Crippen LogP contribution in [-0.4, -0.2) is 23.5 Å². The summed E-state index contributed by atoms with van der Waals surface area (Å²) in [6, 6.07) is 4.37. The van der Waals surface area contributed by atoms with Gasteiger partial charge in [-0.15, -0.1) is 0 Å². The molecule has 0 aromatic heterocycles. The summed E-state index contributed by atoms with van der Waals surface area (Å²) >= 11 is 0. The van der Waals surface area contributed by atoms with Gasteiger partial charge in [0.15, 0.2) is 0 Å². The molecule has 0 spiro atoms. The van der Waals surface area contributed by atoms with Crippen molar-refractivity contribution in [3.8, 4) is 0 Å². The number of nitrogen functional groups attached to an aromatic ring is 1. The fourth-order valence-electron chi connectivity index (χ4n) is 1.61. The number of hydrogen-bond acceptors (Lipinski definition) is 3. The van der Waals surface area contributed by atoms with E-state index in [0.29, 0.717) is 24.3 Å². The fourth-order valence-corrected chi connectivity index (χ4v) is 1.61. The zero-order valence-corrected chi connectivity index (χ0v) is 9.93. The van der Waals surface area contributed by atoms with Gasteiger partial charge in [0.25, 0.3) is 0 Å². The molecular weight excluding hydrogens is 220 g/mol. The van der Waals surface area contributed by atoms with Crippen molar-refractivity contribution in [3.63, 3.8) is 0 Å². The molecule has 17 heavy (non-hydrogen) atoms. The van der Waals surface area contributed by atoms with Crippen LogP contribution in [0.5, 0.6) is 0 Å². The van der Waals surface area contributed by atoms with E-state index in [2.05, 4.69) is 0 Å². The SMILES string of the molecule is CCC(=O)N(CC)c1ccc(C(=O)O)cc1N. The number of nitrogens with zero attached hydrogens (tertiary/aromatic N) is 1. The van der Waals surface area contributed by atoms with Gasteiger partial charge in [-0.1, -0.05) is 6.92 Å². The van der Waals surface area contributed by atoms with E-state index in [1.54, 1.807) is 17.9 Å². The van der Waals surface area contributed by atoms with E-state index in [9.17, 15) is 9.59 Å². The highest BCUT2D eigenvalue weighted by Gasteiger charge is 2.15. The van der Waals surface area contributed by atoms with Crippen molar-refractivity contribution in [1.82, 2.24) is 0 Å². The lowest BCUT2D eigenvalue weighted by Crippen LogP contribution is -2.30. The van der Waals surface area contributed by atoms with Crippen molar-refractivity contribution in [1.29, 1.82) is 0 Å². The van der Waals surface area contributed by atoms with Gasteiger partial charge >= 0.3 is 5.97 Å². The summed E-state index contributed by atoms with van der Waals surface area (Å²) in [6.45, 7) is 4.12. The minimum Gasteiger partial charge on any atom is -0.478 e. The predicted octanol–water partition coefficient (Wildman–Crippen LogP) is 1.73. The van der Waals surface area contributed by atoms with Gasteiger partial charge in [0.05, 0.1) is 16.9 Å². The Bertz CT molecular complexity index is 443. The Morgan fingerprint density at radius 1 is 1.35 bits per heavy atom. The Morgan fingerprint density at radius 2 is 2.00 bits per heavy atom. The van der Waals surface area contributed by atoms with E-state index in [1.165, 1.54) is 12.1 Å². The highest BCUT2D eigenvalue weighted by molar-refractivity contribution is 5.98. The minimum atomic E-state index is -1.03. The van der Waals surface area contributed by atoms with Crippen LogP contribution in [0.15, 0.2) is 18.2 Å². The maximum atomic E-state index is 11.7. The molecule has 1 rings (SSSR count). The van der Waals surface area contributed by atoms with Gasteiger partial charge < -0.3 is 15.7 Å². The number of carboxylic acid groups (broad SMARTS) is 1. The molecule has 0 heterocycles. The van der Waals surface area contributed by atoms with Crippen LogP contribution in [0.2, 0.25) is 0 Å². The van der Waals surface area contributed by atoms with Crippen LogP contribution in [0.25, 0.3) is 0 Å². The Kier molecular flexibility index (Phi) is 4.09. The van der Waals surface area contributed by atoms with E-state index < -0.39 is 5.97 Å². The van der Waals surface area contributed by atoms with Crippen molar-refractivity contribution in [3.05, 3.63) is 23.8 Å². The maximum Gasteiger partial charge on any atom is 0.335 e. The Hall–Kier alpha value is -2.04.